The first-order chi connectivity index (χ1) is 9.22. The normalized spacial score (nSPS) is 15.2. The van der Waals surface area contributed by atoms with Crippen LogP contribution in [0.25, 0.3) is 0 Å². The fourth-order valence-corrected chi connectivity index (χ4v) is 3.60. The van der Waals surface area contributed by atoms with Gasteiger partial charge in [-0.05, 0) is 30.5 Å². The Labute approximate surface area is 117 Å². The zero-order chi connectivity index (χ0) is 13.2. The molecule has 3 rings (SSSR count). The number of fused-ring (bicyclic) bond motifs is 1. The number of ketones is 1. The molecule has 0 bridgehead atoms. The number of hydrogen-bond donors (Lipinski definition) is 0. The lowest BCUT2D eigenvalue weighted by atomic mass is 10.1. The summed E-state index contributed by atoms with van der Waals surface area (Å²) in [6.45, 7) is 4.69. The Bertz CT molecular complexity index is 588. The topological polar surface area (TPSA) is 20.3 Å². The first kappa shape index (κ1) is 12.6. The quantitative estimate of drug-likeness (QED) is 0.796. The van der Waals surface area contributed by atoms with Gasteiger partial charge in [-0.3, -0.25) is 9.69 Å². The fourth-order valence-electron chi connectivity index (χ4n) is 2.54. The van der Waals surface area contributed by atoms with E-state index in [0.29, 0.717) is 0 Å². The number of hydrogen-bond acceptors (Lipinski definition) is 3. The molecule has 0 fully saturated rings. The Morgan fingerprint density at radius 3 is 2.84 bits per heavy atom. The third-order valence-electron chi connectivity index (χ3n) is 3.54. The molecule has 1 aliphatic heterocycles. The molecule has 0 amide bonds. The summed E-state index contributed by atoms with van der Waals surface area (Å²) in [6.07, 6.45) is 1.07. The summed E-state index contributed by atoms with van der Waals surface area (Å²) in [7, 11) is 0. The maximum absolute atomic E-state index is 11.4. The number of thiophene rings is 1. The molecular formula is C16H17NOS. The van der Waals surface area contributed by atoms with Crippen molar-refractivity contribution < 1.29 is 4.79 Å². The van der Waals surface area contributed by atoms with Crippen LogP contribution in [0.1, 0.15) is 32.6 Å². The lowest BCUT2D eigenvalue weighted by molar-refractivity contribution is 0.102. The van der Waals surface area contributed by atoms with E-state index in [-0.39, 0.29) is 5.78 Å². The maximum atomic E-state index is 11.4. The van der Waals surface area contributed by atoms with Crippen LogP contribution in [0.4, 0.5) is 0 Å². The third-order valence-corrected chi connectivity index (χ3v) is 4.88. The predicted octanol–water partition coefficient (Wildman–Crippen LogP) is 3.51. The van der Waals surface area contributed by atoms with Crippen LogP contribution < -0.4 is 0 Å². The van der Waals surface area contributed by atoms with E-state index < -0.39 is 0 Å². The number of benzene rings is 1. The molecule has 0 unspecified atom stereocenters. The number of Topliss-reactive ketones (excluding diaryl/α,β-unsaturated/α-hetero) is 1. The van der Waals surface area contributed by atoms with Crippen molar-refractivity contribution in [2.75, 3.05) is 6.54 Å². The van der Waals surface area contributed by atoms with Crippen molar-refractivity contribution in [1.82, 2.24) is 4.90 Å². The minimum Gasteiger partial charge on any atom is -0.294 e. The van der Waals surface area contributed by atoms with Gasteiger partial charge in [-0.2, -0.15) is 0 Å². The van der Waals surface area contributed by atoms with Gasteiger partial charge >= 0.3 is 0 Å². The van der Waals surface area contributed by atoms with Gasteiger partial charge in [-0.1, -0.05) is 30.3 Å². The van der Waals surface area contributed by atoms with Crippen LogP contribution in [-0.2, 0) is 19.5 Å². The predicted molar refractivity (Wildman–Crippen MR) is 78.6 cm³/mol. The second-order valence-electron chi connectivity index (χ2n) is 5.06. The number of rotatable bonds is 3. The van der Waals surface area contributed by atoms with Gasteiger partial charge in [-0.25, -0.2) is 0 Å². The van der Waals surface area contributed by atoms with E-state index in [2.05, 4.69) is 41.3 Å². The van der Waals surface area contributed by atoms with Gasteiger partial charge in [-0.15, -0.1) is 11.3 Å². The van der Waals surface area contributed by atoms with Crippen molar-refractivity contribution in [2.45, 2.75) is 26.4 Å². The molecule has 1 aliphatic rings. The minimum atomic E-state index is 0.189. The highest BCUT2D eigenvalue weighted by molar-refractivity contribution is 7.14. The molecule has 98 valence electrons. The molecule has 2 aromatic rings. The minimum absolute atomic E-state index is 0.189. The highest BCUT2D eigenvalue weighted by Gasteiger charge is 2.20. The SMILES string of the molecule is CC(=O)c1cc2c(s1)CCN(Cc1ccccc1)C2. The van der Waals surface area contributed by atoms with Crippen molar-refractivity contribution in [3.05, 3.63) is 57.3 Å². The summed E-state index contributed by atoms with van der Waals surface area (Å²) < 4.78 is 0. The molecule has 0 atom stereocenters. The first-order valence-corrected chi connectivity index (χ1v) is 7.43. The van der Waals surface area contributed by atoms with Crippen molar-refractivity contribution in [3.8, 4) is 0 Å². The number of nitrogens with zero attached hydrogens (tertiary/aromatic N) is 1. The van der Waals surface area contributed by atoms with E-state index in [1.165, 1.54) is 16.0 Å². The molecule has 2 nitrogen and oxygen atoms in total. The summed E-state index contributed by atoms with van der Waals surface area (Å²) in [6, 6.07) is 12.6. The van der Waals surface area contributed by atoms with Gasteiger partial charge < -0.3 is 0 Å². The molecule has 0 spiro atoms. The van der Waals surface area contributed by atoms with Gasteiger partial charge in [0.05, 0.1) is 4.88 Å². The van der Waals surface area contributed by atoms with Crippen LogP contribution in [0.15, 0.2) is 36.4 Å². The molecule has 1 aromatic heterocycles. The number of carbonyl (C=O) groups is 1. The van der Waals surface area contributed by atoms with Crippen LogP contribution in [0.2, 0.25) is 0 Å². The van der Waals surface area contributed by atoms with Gasteiger partial charge in [0, 0.05) is 24.5 Å². The summed E-state index contributed by atoms with van der Waals surface area (Å²) in [4.78, 5) is 16.2. The first-order valence-electron chi connectivity index (χ1n) is 6.61. The third kappa shape index (κ3) is 2.77. The van der Waals surface area contributed by atoms with E-state index in [0.717, 1.165) is 30.9 Å². The molecular weight excluding hydrogens is 254 g/mol. The average Bonchev–Trinajstić information content (AvgIpc) is 2.83. The van der Waals surface area contributed by atoms with Crippen LogP contribution in [-0.4, -0.2) is 17.2 Å². The Hall–Kier alpha value is -1.45. The van der Waals surface area contributed by atoms with Gasteiger partial charge in [0.2, 0.25) is 0 Å². The Morgan fingerprint density at radius 1 is 1.32 bits per heavy atom. The summed E-state index contributed by atoms with van der Waals surface area (Å²) in [5.74, 6) is 0.189. The molecule has 1 aromatic carbocycles. The van der Waals surface area contributed by atoms with Gasteiger partial charge in [0.1, 0.15) is 0 Å². The van der Waals surface area contributed by atoms with Crippen LogP contribution >= 0.6 is 11.3 Å². The zero-order valence-corrected chi connectivity index (χ0v) is 11.9. The van der Waals surface area contributed by atoms with Crippen molar-refractivity contribution in [1.29, 1.82) is 0 Å². The molecule has 0 saturated heterocycles. The highest BCUT2D eigenvalue weighted by Crippen LogP contribution is 2.29. The average molecular weight is 271 g/mol. The summed E-state index contributed by atoms with van der Waals surface area (Å²) in [5.41, 5.74) is 2.70. The smallest absolute Gasteiger partial charge is 0.169 e. The maximum Gasteiger partial charge on any atom is 0.169 e. The lowest BCUT2D eigenvalue weighted by Crippen LogP contribution is -2.29. The lowest BCUT2D eigenvalue weighted by Gasteiger charge is -2.26. The largest absolute Gasteiger partial charge is 0.294 e. The van der Waals surface area contributed by atoms with Crippen LogP contribution in [0.5, 0.6) is 0 Å². The zero-order valence-electron chi connectivity index (χ0n) is 11.1. The number of carbonyl (C=O) groups excluding carboxylic acids is 1. The van der Waals surface area contributed by atoms with E-state index in [1.54, 1.807) is 18.3 Å². The Balaban J connectivity index is 1.73. The second-order valence-corrected chi connectivity index (χ2v) is 6.20. The van der Waals surface area contributed by atoms with E-state index >= 15 is 0 Å². The van der Waals surface area contributed by atoms with E-state index in [9.17, 15) is 4.79 Å². The van der Waals surface area contributed by atoms with Gasteiger partial charge in [0.25, 0.3) is 0 Å². The monoisotopic (exact) mass is 271 g/mol. The Kier molecular flexibility index (Phi) is 3.49. The molecule has 3 heteroatoms. The fraction of sp³-hybridized carbons (Fsp3) is 0.312. The van der Waals surface area contributed by atoms with Crippen molar-refractivity contribution in [2.24, 2.45) is 0 Å². The summed E-state index contributed by atoms with van der Waals surface area (Å²) in [5, 5.41) is 0. The summed E-state index contributed by atoms with van der Waals surface area (Å²) >= 11 is 1.68. The van der Waals surface area contributed by atoms with E-state index in [4.69, 9.17) is 0 Å². The standard InChI is InChI=1S/C16H17NOS/c1-12(18)16-9-14-11-17(8-7-15(14)19-16)10-13-5-3-2-4-6-13/h2-6,9H,7-8,10-11H2,1H3. The van der Waals surface area contributed by atoms with Crippen LogP contribution in [0, 0.1) is 0 Å². The molecule has 0 aliphatic carbocycles. The van der Waals surface area contributed by atoms with E-state index in [1.807, 2.05) is 0 Å². The molecule has 2 heterocycles. The molecule has 19 heavy (non-hydrogen) atoms. The highest BCUT2D eigenvalue weighted by atomic mass is 32.1. The molecule has 0 radical (unpaired) electrons. The Morgan fingerprint density at radius 2 is 2.11 bits per heavy atom. The van der Waals surface area contributed by atoms with Crippen LogP contribution in [0.3, 0.4) is 0 Å². The van der Waals surface area contributed by atoms with Crippen molar-refractivity contribution >= 4 is 17.1 Å². The molecule has 0 saturated carbocycles. The second kappa shape index (κ2) is 5.27. The van der Waals surface area contributed by atoms with Crippen molar-refractivity contribution in [3.63, 3.8) is 0 Å². The molecule has 0 N–H and O–H groups in total. The van der Waals surface area contributed by atoms with Gasteiger partial charge in [0.15, 0.2) is 5.78 Å².